The van der Waals surface area contributed by atoms with Crippen LogP contribution < -0.4 is 5.73 Å². The molecule has 19 heavy (non-hydrogen) atoms. The summed E-state index contributed by atoms with van der Waals surface area (Å²) < 4.78 is 5.33. The summed E-state index contributed by atoms with van der Waals surface area (Å²) in [7, 11) is 0. The highest BCUT2D eigenvalue weighted by Gasteiger charge is 2.05. The second kappa shape index (κ2) is 6.29. The lowest BCUT2D eigenvalue weighted by atomic mass is 10.1. The zero-order valence-electron chi connectivity index (χ0n) is 11.4. The average molecular weight is 257 g/mol. The van der Waals surface area contributed by atoms with Gasteiger partial charge in [0.25, 0.3) is 0 Å². The molecule has 0 saturated carbocycles. The number of rotatable bonds is 5. The number of nitrogen functional groups attached to an aromatic ring is 1. The number of hydrogen-bond acceptors (Lipinski definition) is 4. The summed E-state index contributed by atoms with van der Waals surface area (Å²) in [5, 5.41) is 0. The number of nitrogens with zero attached hydrogens (tertiary/aromatic N) is 2. The fraction of sp³-hybridized carbons (Fsp3) is 0.333. The summed E-state index contributed by atoms with van der Waals surface area (Å²) in [4.78, 5) is 8.68. The van der Waals surface area contributed by atoms with Crippen molar-refractivity contribution in [2.45, 2.75) is 26.9 Å². The molecular formula is C15H19N3O. The first-order chi connectivity index (χ1) is 9.22. The Morgan fingerprint density at radius 2 is 2.00 bits per heavy atom. The van der Waals surface area contributed by atoms with Crippen molar-refractivity contribution in [2.24, 2.45) is 0 Å². The van der Waals surface area contributed by atoms with Crippen LogP contribution >= 0.6 is 0 Å². The molecule has 1 aromatic carbocycles. The molecule has 0 fully saturated rings. The minimum atomic E-state index is 0.391. The Labute approximate surface area is 113 Å². The number of hydrogen-bond donors (Lipinski definition) is 1. The summed E-state index contributed by atoms with van der Waals surface area (Å²) in [6.45, 7) is 5.10. The molecule has 2 aromatic rings. The molecule has 0 bridgehead atoms. The van der Waals surface area contributed by atoms with E-state index in [0.29, 0.717) is 24.9 Å². The van der Waals surface area contributed by atoms with Gasteiger partial charge in [0.05, 0.1) is 5.69 Å². The molecule has 4 heteroatoms. The van der Waals surface area contributed by atoms with Gasteiger partial charge in [0, 0.05) is 18.2 Å². The molecule has 0 aliphatic rings. The summed E-state index contributed by atoms with van der Waals surface area (Å²) in [6, 6.07) is 10.1. The molecule has 0 atom stereocenters. The molecule has 0 saturated heterocycles. The third-order valence-electron chi connectivity index (χ3n) is 2.86. The van der Waals surface area contributed by atoms with Gasteiger partial charge in [-0.25, -0.2) is 9.97 Å². The molecule has 0 radical (unpaired) electrons. The Morgan fingerprint density at radius 1 is 1.16 bits per heavy atom. The molecule has 2 rings (SSSR count). The normalized spacial score (nSPS) is 10.6. The molecule has 0 aliphatic heterocycles. The first-order valence-electron chi connectivity index (χ1n) is 6.53. The highest BCUT2D eigenvalue weighted by molar-refractivity contribution is 5.62. The molecule has 0 spiro atoms. The van der Waals surface area contributed by atoms with Crippen molar-refractivity contribution >= 4 is 5.82 Å². The summed E-state index contributed by atoms with van der Waals surface area (Å²) >= 11 is 0. The zero-order chi connectivity index (χ0) is 13.7. The van der Waals surface area contributed by atoms with E-state index in [9.17, 15) is 0 Å². The van der Waals surface area contributed by atoms with Crippen LogP contribution in [0.15, 0.2) is 30.3 Å². The minimum Gasteiger partial charge on any atom is -0.384 e. The largest absolute Gasteiger partial charge is 0.384 e. The van der Waals surface area contributed by atoms with Crippen LogP contribution in [0.25, 0.3) is 11.3 Å². The second-order valence-electron chi connectivity index (χ2n) is 4.29. The van der Waals surface area contributed by atoms with Crippen molar-refractivity contribution in [1.29, 1.82) is 0 Å². The number of aromatic nitrogens is 2. The van der Waals surface area contributed by atoms with Crippen LogP contribution in [0.5, 0.6) is 0 Å². The predicted octanol–water partition coefficient (Wildman–Crippen LogP) is 2.82. The smallest absolute Gasteiger partial charge is 0.157 e. The van der Waals surface area contributed by atoms with Crippen molar-refractivity contribution in [2.75, 3.05) is 12.3 Å². The number of benzene rings is 1. The summed E-state index contributed by atoms with van der Waals surface area (Å²) in [6.07, 6.45) is 1.00. The van der Waals surface area contributed by atoms with Crippen LogP contribution in [0.1, 0.15) is 25.2 Å². The van der Waals surface area contributed by atoms with Crippen LogP contribution in [0.2, 0.25) is 0 Å². The van der Waals surface area contributed by atoms with Gasteiger partial charge in [-0.1, -0.05) is 25.1 Å². The van der Waals surface area contributed by atoms with Gasteiger partial charge in [-0.15, -0.1) is 0 Å². The van der Waals surface area contributed by atoms with Crippen LogP contribution in [0.4, 0.5) is 5.82 Å². The average Bonchev–Trinajstić information content (AvgIpc) is 2.44. The number of aryl methyl sites for hydroxylation is 1. The lowest BCUT2D eigenvalue weighted by Gasteiger charge is -2.07. The molecule has 0 aliphatic carbocycles. The maximum absolute atomic E-state index is 5.83. The van der Waals surface area contributed by atoms with Crippen molar-refractivity contribution in [3.63, 3.8) is 0 Å². The van der Waals surface area contributed by atoms with Gasteiger partial charge >= 0.3 is 0 Å². The van der Waals surface area contributed by atoms with Gasteiger partial charge in [-0.2, -0.15) is 0 Å². The fourth-order valence-electron chi connectivity index (χ4n) is 1.87. The highest BCUT2D eigenvalue weighted by atomic mass is 16.5. The molecular weight excluding hydrogens is 238 g/mol. The van der Waals surface area contributed by atoms with E-state index < -0.39 is 0 Å². The first kappa shape index (κ1) is 13.5. The quantitative estimate of drug-likeness (QED) is 0.894. The third-order valence-corrected chi connectivity index (χ3v) is 2.86. The zero-order valence-corrected chi connectivity index (χ0v) is 11.4. The first-order valence-corrected chi connectivity index (χ1v) is 6.53. The Morgan fingerprint density at radius 3 is 2.74 bits per heavy atom. The molecule has 100 valence electrons. The molecule has 0 amide bonds. The SMILES string of the molecule is CCOCc1nc(N)cc(-c2cccc(CC)c2)n1. The fourth-order valence-corrected chi connectivity index (χ4v) is 1.87. The van der Waals surface area contributed by atoms with Gasteiger partial charge in [0.1, 0.15) is 12.4 Å². The Kier molecular flexibility index (Phi) is 4.47. The highest BCUT2D eigenvalue weighted by Crippen LogP contribution is 2.20. The molecule has 0 unspecified atom stereocenters. The van der Waals surface area contributed by atoms with Crippen LogP contribution in [0.3, 0.4) is 0 Å². The van der Waals surface area contributed by atoms with E-state index in [4.69, 9.17) is 10.5 Å². The Hall–Kier alpha value is -1.94. The summed E-state index contributed by atoms with van der Waals surface area (Å²) in [5.74, 6) is 1.10. The standard InChI is InChI=1S/C15H19N3O/c1-3-11-6-5-7-12(8-11)13-9-14(16)18-15(17-13)10-19-4-2/h5-9H,3-4,10H2,1-2H3,(H2,16,17,18). The second-order valence-corrected chi connectivity index (χ2v) is 4.29. The van der Waals surface area contributed by atoms with Crippen molar-refractivity contribution in [1.82, 2.24) is 9.97 Å². The van der Waals surface area contributed by atoms with Gasteiger partial charge < -0.3 is 10.5 Å². The van der Waals surface area contributed by atoms with E-state index in [1.54, 1.807) is 6.07 Å². The lowest BCUT2D eigenvalue weighted by molar-refractivity contribution is 0.128. The van der Waals surface area contributed by atoms with E-state index in [-0.39, 0.29) is 0 Å². The van der Waals surface area contributed by atoms with Gasteiger partial charge in [-0.05, 0) is 25.0 Å². The Balaban J connectivity index is 2.34. The van der Waals surface area contributed by atoms with E-state index in [2.05, 4.69) is 29.0 Å². The van der Waals surface area contributed by atoms with Crippen molar-refractivity contribution < 1.29 is 4.74 Å². The molecule has 2 N–H and O–H groups in total. The van der Waals surface area contributed by atoms with Crippen LogP contribution in [0, 0.1) is 0 Å². The number of nitrogens with two attached hydrogens (primary N) is 1. The minimum absolute atomic E-state index is 0.391. The van der Waals surface area contributed by atoms with E-state index in [1.807, 2.05) is 19.1 Å². The van der Waals surface area contributed by atoms with Gasteiger partial charge in [0.2, 0.25) is 0 Å². The van der Waals surface area contributed by atoms with Crippen LogP contribution in [-0.2, 0) is 17.8 Å². The topological polar surface area (TPSA) is 61.0 Å². The Bertz CT molecular complexity index is 555. The van der Waals surface area contributed by atoms with E-state index in [0.717, 1.165) is 17.7 Å². The van der Waals surface area contributed by atoms with Gasteiger partial charge in [-0.3, -0.25) is 0 Å². The predicted molar refractivity (Wildman–Crippen MR) is 76.6 cm³/mol. The molecule has 1 aromatic heterocycles. The monoisotopic (exact) mass is 257 g/mol. The van der Waals surface area contributed by atoms with E-state index in [1.165, 1.54) is 5.56 Å². The lowest BCUT2D eigenvalue weighted by Crippen LogP contribution is -2.03. The van der Waals surface area contributed by atoms with Crippen LogP contribution in [-0.4, -0.2) is 16.6 Å². The van der Waals surface area contributed by atoms with E-state index >= 15 is 0 Å². The molecule has 4 nitrogen and oxygen atoms in total. The maximum atomic E-state index is 5.83. The maximum Gasteiger partial charge on any atom is 0.157 e. The van der Waals surface area contributed by atoms with Gasteiger partial charge in [0.15, 0.2) is 5.82 Å². The molecule has 1 heterocycles. The number of ether oxygens (including phenoxy) is 1. The summed E-state index contributed by atoms with van der Waals surface area (Å²) in [5.41, 5.74) is 9.02. The third kappa shape index (κ3) is 3.51. The van der Waals surface area contributed by atoms with Crippen molar-refractivity contribution in [3.8, 4) is 11.3 Å². The van der Waals surface area contributed by atoms with Crippen molar-refractivity contribution in [3.05, 3.63) is 41.7 Å². The number of anilines is 1.